The number of anilines is 1. The van der Waals surface area contributed by atoms with Gasteiger partial charge < -0.3 is 15.4 Å². The molecule has 1 amide bonds. The fourth-order valence-electron chi connectivity index (χ4n) is 5.56. The highest BCUT2D eigenvalue weighted by molar-refractivity contribution is 9.10. The first-order chi connectivity index (χ1) is 20.5. The quantitative estimate of drug-likeness (QED) is 0.154. The summed E-state index contributed by atoms with van der Waals surface area (Å²) in [6.07, 6.45) is 4.11. The highest BCUT2D eigenvalue weighted by Crippen LogP contribution is 2.33. The number of aromatic nitrogens is 1. The van der Waals surface area contributed by atoms with Gasteiger partial charge >= 0.3 is 0 Å². The fourth-order valence-corrected chi connectivity index (χ4v) is 5.98. The minimum absolute atomic E-state index is 0.0333. The molecule has 5 aromatic rings. The van der Waals surface area contributed by atoms with Gasteiger partial charge in [0.1, 0.15) is 0 Å². The number of rotatable bonds is 8. The molecule has 1 aromatic heterocycles. The van der Waals surface area contributed by atoms with Crippen LogP contribution in [0.15, 0.2) is 107 Å². The highest BCUT2D eigenvalue weighted by atomic mass is 79.9. The van der Waals surface area contributed by atoms with Gasteiger partial charge in [0.25, 0.3) is 0 Å². The van der Waals surface area contributed by atoms with E-state index >= 15 is 0 Å². The van der Waals surface area contributed by atoms with Crippen molar-refractivity contribution in [2.75, 3.05) is 18.4 Å². The summed E-state index contributed by atoms with van der Waals surface area (Å²) in [5.41, 5.74) is 6.53. The van der Waals surface area contributed by atoms with E-state index in [-0.39, 0.29) is 18.2 Å². The van der Waals surface area contributed by atoms with Crippen molar-refractivity contribution in [3.63, 3.8) is 0 Å². The summed E-state index contributed by atoms with van der Waals surface area (Å²) in [5, 5.41) is 14.9. The topological polar surface area (TPSA) is 80.7 Å². The molecular weight excluding hydrogens is 588 g/mol. The molecule has 0 bridgehead atoms. The SMILES string of the molecule is O=C(Cc1ccccc1Br)Nc1ccc2[nH]c(O)c(C(=Nc3ccc(CN4CCCCC4)cc3)c3ccccc3)c2c1. The molecule has 0 unspecified atom stereocenters. The van der Waals surface area contributed by atoms with Crippen molar-refractivity contribution in [2.24, 2.45) is 4.99 Å². The Hall–Kier alpha value is -4.20. The Morgan fingerprint density at radius 2 is 1.64 bits per heavy atom. The summed E-state index contributed by atoms with van der Waals surface area (Å²) in [7, 11) is 0. The van der Waals surface area contributed by atoms with Crippen LogP contribution in [-0.4, -0.2) is 39.7 Å². The van der Waals surface area contributed by atoms with Gasteiger partial charge in [0.15, 0.2) is 5.88 Å². The van der Waals surface area contributed by atoms with Crippen molar-refractivity contribution >= 4 is 49.8 Å². The average molecular weight is 622 g/mol. The molecule has 42 heavy (non-hydrogen) atoms. The molecule has 0 spiro atoms. The maximum absolute atomic E-state index is 12.9. The van der Waals surface area contributed by atoms with Gasteiger partial charge in [-0.2, -0.15) is 0 Å². The zero-order valence-corrected chi connectivity index (χ0v) is 24.9. The van der Waals surface area contributed by atoms with E-state index in [9.17, 15) is 9.90 Å². The van der Waals surface area contributed by atoms with E-state index in [4.69, 9.17) is 4.99 Å². The fraction of sp³-hybridized carbons (Fsp3) is 0.200. The minimum Gasteiger partial charge on any atom is -0.494 e. The third-order valence-electron chi connectivity index (χ3n) is 7.69. The first-order valence-corrected chi connectivity index (χ1v) is 15.2. The van der Waals surface area contributed by atoms with Gasteiger partial charge in [-0.15, -0.1) is 0 Å². The standard InChI is InChI=1S/C35H33BrN4O2/c36-30-12-6-5-11-26(30)21-32(41)37-28-17-18-31-29(22-28)33(35(42)39-31)34(25-9-3-1-4-10-25)38-27-15-13-24(14-16-27)23-40-19-7-2-8-20-40/h1,3-6,9-18,22,39,42H,2,7-8,19-21,23H2,(H,37,41). The van der Waals surface area contributed by atoms with Gasteiger partial charge in [-0.25, -0.2) is 4.99 Å². The first kappa shape index (κ1) is 27.9. The molecule has 3 N–H and O–H groups in total. The van der Waals surface area contributed by atoms with Gasteiger partial charge in [-0.3, -0.25) is 9.69 Å². The maximum Gasteiger partial charge on any atom is 0.228 e. The van der Waals surface area contributed by atoms with E-state index in [2.05, 4.69) is 43.3 Å². The lowest BCUT2D eigenvalue weighted by molar-refractivity contribution is -0.115. The number of nitrogens with zero attached hydrogens (tertiary/aromatic N) is 2. The normalized spacial score (nSPS) is 14.3. The third-order valence-corrected chi connectivity index (χ3v) is 8.46. The Morgan fingerprint density at radius 3 is 2.40 bits per heavy atom. The van der Waals surface area contributed by atoms with Crippen LogP contribution in [0.2, 0.25) is 0 Å². The van der Waals surface area contributed by atoms with E-state index in [0.717, 1.165) is 51.8 Å². The summed E-state index contributed by atoms with van der Waals surface area (Å²) in [6, 6.07) is 31.5. The summed E-state index contributed by atoms with van der Waals surface area (Å²) in [6.45, 7) is 3.27. The van der Waals surface area contributed by atoms with Gasteiger partial charge in [0.05, 0.1) is 23.4 Å². The molecule has 1 fully saturated rings. The second-order valence-corrected chi connectivity index (χ2v) is 11.6. The number of halogens is 1. The molecule has 4 aromatic carbocycles. The summed E-state index contributed by atoms with van der Waals surface area (Å²) >= 11 is 3.52. The number of amides is 1. The lowest BCUT2D eigenvalue weighted by Gasteiger charge is -2.26. The van der Waals surface area contributed by atoms with Crippen molar-refractivity contribution < 1.29 is 9.90 Å². The molecule has 0 radical (unpaired) electrons. The average Bonchev–Trinajstić information content (AvgIpc) is 3.33. The predicted molar refractivity (Wildman–Crippen MR) is 174 cm³/mol. The summed E-state index contributed by atoms with van der Waals surface area (Å²) < 4.78 is 0.900. The van der Waals surface area contributed by atoms with Crippen molar-refractivity contribution in [2.45, 2.75) is 32.2 Å². The molecule has 0 atom stereocenters. The monoisotopic (exact) mass is 620 g/mol. The molecule has 1 saturated heterocycles. The predicted octanol–water partition coefficient (Wildman–Crippen LogP) is 7.97. The van der Waals surface area contributed by atoms with Crippen molar-refractivity contribution in [3.8, 4) is 5.88 Å². The van der Waals surface area contributed by atoms with E-state index in [0.29, 0.717) is 17.0 Å². The number of hydrogen-bond acceptors (Lipinski definition) is 4. The van der Waals surface area contributed by atoms with Crippen LogP contribution in [0, 0.1) is 0 Å². The van der Waals surface area contributed by atoms with Crippen molar-refractivity contribution in [3.05, 3.63) is 124 Å². The van der Waals surface area contributed by atoms with Crippen molar-refractivity contribution in [1.82, 2.24) is 9.88 Å². The molecule has 7 heteroatoms. The maximum atomic E-state index is 12.9. The molecule has 212 valence electrons. The van der Waals surface area contributed by atoms with E-state index in [1.165, 1.54) is 24.8 Å². The van der Waals surface area contributed by atoms with E-state index in [1.54, 1.807) is 0 Å². The number of carbonyl (C=O) groups is 1. The Bertz CT molecular complexity index is 1720. The van der Waals surface area contributed by atoms with Crippen LogP contribution in [0.3, 0.4) is 0 Å². The Balaban J connectivity index is 1.32. The number of piperidine rings is 1. The number of H-pyrrole nitrogens is 1. The van der Waals surface area contributed by atoms with Crippen LogP contribution in [0.1, 0.15) is 41.5 Å². The lowest BCUT2D eigenvalue weighted by atomic mass is 10.0. The Labute approximate surface area is 254 Å². The smallest absolute Gasteiger partial charge is 0.228 e. The van der Waals surface area contributed by atoms with Gasteiger partial charge in [-0.05, 0) is 73.5 Å². The number of nitrogens with one attached hydrogen (secondary N) is 2. The second kappa shape index (κ2) is 12.8. The molecule has 6 rings (SSSR count). The zero-order valence-electron chi connectivity index (χ0n) is 23.3. The van der Waals surface area contributed by atoms with Gasteiger partial charge in [0, 0.05) is 33.2 Å². The summed E-state index contributed by atoms with van der Waals surface area (Å²) in [5.74, 6) is -0.0878. The van der Waals surface area contributed by atoms with Crippen LogP contribution in [-0.2, 0) is 17.8 Å². The third kappa shape index (κ3) is 6.48. The van der Waals surface area contributed by atoms with E-state index < -0.39 is 0 Å². The number of aromatic hydroxyl groups is 1. The zero-order chi connectivity index (χ0) is 28.9. The number of fused-ring (bicyclic) bond motifs is 1. The molecule has 0 saturated carbocycles. The van der Waals surface area contributed by atoms with Crippen LogP contribution >= 0.6 is 15.9 Å². The Kier molecular flexibility index (Phi) is 8.49. The number of aromatic amines is 1. The Morgan fingerprint density at radius 1 is 0.905 bits per heavy atom. The van der Waals surface area contributed by atoms with Crippen LogP contribution in [0.5, 0.6) is 5.88 Å². The summed E-state index contributed by atoms with van der Waals surface area (Å²) in [4.78, 5) is 23.6. The lowest BCUT2D eigenvalue weighted by Crippen LogP contribution is -2.28. The molecule has 6 nitrogen and oxygen atoms in total. The highest BCUT2D eigenvalue weighted by Gasteiger charge is 2.20. The molecular formula is C35H33BrN4O2. The first-order valence-electron chi connectivity index (χ1n) is 14.4. The largest absolute Gasteiger partial charge is 0.494 e. The number of likely N-dealkylation sites (tertiary alicyclic amines) is 1. The number of carbonyl (C=O) groups excluding carboxylic acids is 1. The molecule has 1 aliphatic rings. The number of hydrogen-bond donors (Lipinski definition) is 3. The number of aliphatic imine (C=N–C) groups is 1. The minimum atomic E-state index is -0.121. The van der Waals surface area contributed by atoms with Gasteiger partial charge in [-0.1, -0.05) is 83.0 Å². The van der Waals surface area contributed by atoms with E-state index in [1.807, 2.05) is 84.9 Å². The van der Waals surface area contributed by atoms with Crippen LogP contribution in [0.4, 0.5) is 11.4 Å². The molecule has 0 aliphatic carbocycles. The molecule has 2 heterocycles. The van der Waals surface area contributed by atoms with Crippen LogP contribution < -0.4 is 5.32 Å². The second-order valence-electron chi connectivity index (χ2n) is 10.8. The van der Waals surface area contributed by atoms with Gasteiger partial charge in [0.2, 0.25) is 5.91 Å². The van der Waals surface area contributed by atoms with Crippen LogP contribution in [0.25, 0.3) is 10.9 Å². The molecule has 1 aliphatic heterocycles. The van der Waals surface area contributed by atoms with Crippen molar-refractivity contribution in [1.29, 1.82) is 0 Å². The number of benzene rings is 4.